The predicted molar refractivity (Wildman–Crippen MR) is 80.0 cm³/mol. The fraction of sp³-hybridized carbons (Fsp3) is 0.571. The predicted octanol–water partition coefficient (Wildman–Crippen LogP) is 0.779. The van der Waals surface area contributed by atoms with E-state index in [0.717, 1.165) is 38.0 Å². The van der Waals surface area contributed by atoms with Crippen molar-refractivity contribution < 1.29 is 8.42 Å². The first-order chi connectivity index (χ1) is 9.47. The zero-order valence-electron chi connectivity index (χ0n) is 12.1. The lowest BCUT2D eigenvalue weighted by atomic mass is 10.1. The molecule has 1 aliphatic heterocycles. The minimum atomic E-state index is -3.40. The second-order valence-electron chi connectivity index (χ2n) is 5.53. The molecule has 20 heavy (non-hydrogen) atoms. The largest absolute Gasteiger partial charge is 0.317 e. The third-order valence-electron chi connectivity index (χ3n) is 3.39. The molecule has 0 spiro atoms. The summed E-state index contributed by atoms with van der Waals surface area (Å²) in [4.78, 5) is 2.40. The van der Waals surface area contributed by atoms with Crippen LogP contribution < -0.4 is 10.0 Å². The zero-order chi connectivity index (χ0) is 14.6. The molecule has 0 bridgehead atoms. The third kappa shape index (κ3) is 4.28. The molecule has 1 aromatic carbocycles. The number of benzene rings is 1. The molecule has 0 amide bonds. The highest BCUT2D eigenvalue weighted by Gasteiger charge is 2.21. The molecule has 1 fully saturated rings. The Kier molecular flexibility index (Phi) is 5.15. The minimum absolute atomic E-state index is 0.0442. The van der Waals surface area contributed by atoms with Gasteiger partial charge in [-0.05, 0) is 57.7 Å². The van der Waals surface area contributed by atoms with Crippen LogP contribution in [0.4, 0.5) is 0 Å². The molecule has 0 saturated carbocycles. The van der Waals surface area contributed by atoms with Crippen LogP contribution in [0.5, 0.6) is 0 Å². The number of nitrogens with one attached hydrogen (secondary N) is 2. The number of sulfonamides is 1. The van der Waals surface area contributed by atoms with E-state index < -0.39 is 10.0 Å². The second kappa shape index (κ2) is 6.67. The number of hydrogen-bond acceptors (Lipinski definition) is 4. The molecule has 0 radical (unpaired) electrons. The third-order valence-corrected chi connectivity index (χ3v) is 4.93. The lowest BCUT2D eigenvalue weighted by Gasteiger charge is -2.23. The van der Waals surface area contributed by atoms with Crippen molar-refractivity contribution in [3.05, 3.63) is 29.8 Å². The van der Waals surface area contributed by atoms with Crippen molar-refractivity contribution in [1.82, 2.24) is 14.9 Å². The summed E-state index contributed by atoms with van der Waals surface area (Å²) in [5, 5.41) is 3.23. The molecule has 0 unspecified atom stereocenters. The summed E-state index contributed by atoms with van der Waals surface area (Å²) in [6, 6.07) is 7.15. The summed E-state index contributed by atoms with van der Waals surface area (Å²) < 4.78 is 27.4. The molecular weight excluding hydrogens is 274 g/mol. The summed E-state index contributed by atoms with van der Waals surface area (Å²) in [5.41, 5.74) is 1.11. The van der Waals surface area contributed by atoms with Gasteiger partial charge in [0.05, 0.1) is 4.90 Å². The first-order valence-corrected chi connectivity index (χ1v) is 8.42. The molecule has 0 aliphatic carbocycles. The van der Waals surface area contributed by atoms with E-state index in [1.807, 2.05) is 26.2 Å². The van der Waals surface area contributed by atoms with Gasteiger partial charge in [0.25, 0.3) is 0 Å². The van der Waals surface area contributed by atoms with Gasteiger partial charge in [0.2, 0.25) is 10.0 Å². The first kappa shape index (κ1) is 15.4. The molecule has 6 heteroatoms. The number of hydrogen-bond donors (Lipinski definition) is 2. The molecule has 0 aromatic heterocycles. The quantitative estimate of drug-likeness (QED) is 0.843. The van der Waals surface area contributed by atoms with Gasteiger partial charge in [-0.15, -0.1) is 0 Å². The van der Waals surface area contributed by atoms with Crippen LogP contribution >= 0.6 is 0 Å². The molecule has 0 atom stereocenters. The monoisotopic (exact) mass is 297 g/mol. The van der Waals surface area contributed by atoms with Gasteiger partial charge in [0.15, 0.2) is 0 Å². The number of rotatable bonds is 5. The van der Waals surface area contributed by atoms with Crippen LogP contribution in [0.15, 0.2) is 29.2 Å². The Hall–Kier alpha value is -0.950. The van der Waals surface area contributed by atoms with Crippen LogP contribution in [0, 0.1) is 0 Å². The van der Waals surface area contributed by atoms with E-state index in [2.05, 4.69) is 14.9 Å². The highest BCUT2D eigenvalue weighted by molar-refractivity contribution is 7.89. The Morgan fingerprint density at radius 1 is 1.20 bits per heavy atom. The van der Waals surface area contributed by atoms with Crippen LogP contribution in [0.25, 0.3) is 0 Å². The van der Waals surface area contributed by atoms with Crippen molar-refractivity contribution in [3.63, 3.8) is 0 Å². The maximum absolute atomic E-state index is 12.3. The van der Waals surface area contributed by atoms with Crippen molar-refractivity contribution >= 4 is 10.0 Å². The highest BCUT2D eigenvalue weighted by atomic mass is 32.2. The molecule has 112 valence electrons. The topological polar surface area (TPSA) is 61.4 Å². The average molecular weight is 297 g/mol. The average Bonchev–Trinajstić information content (AvgIpc) is 2.39. The van der Waals surface area contributed by atoms with Gasteiger partial charge in [-0.25, -0.2) is 13.1 Å². The molecule has 2 N–H and O–H groups in total. The standard InChI is InChI=1S/C14H23N3O2S/c1-17(2)11-12-3-5-14(6-4-12)20(18,19)16-13-7-9-15-10-8-13/h3-6,13,15-16H,7-11H2,1-2H3. The van der Waals surface area contributed by atoms with Gasteiger partial charge in [-0.2, -0.15) is 0 Å². The zero-order valence-corrected chi connectivity index (χ0v) is 12.9. The van der Waals surface area contributed by atoms with Crippen molar-refractivity contribution in [2.45, 2.75) is 30.3 Å². The first-order valence-electron chi connectivity index (χ1n) is 6.94. The van der Waals surface area contributed by atoms with E-state index in [1.165, 1.54) is 0 Å². The van der Waals surface area contributed by atoms with Crippen LogP contribution in [-0.2, 0) is 16.6 Å². The Morgan fingerprint density at radius 2 is 1.80 bits per heavy atom. The highest BCUT2D eigenvalue weighted by Crippen LogP contribution is 2.14. The fourth-order valence-corrected chi connectivity index (χ4v) is 3.67. The van der Waals surface area contributed by atoms with E-state index >= 15 is 0 Å². The molecule has 5 nitrogen and oxygen atoms in total. The molecule has 1 saturated heterocycles. The van der Waals surface area contributed by atoms with E-state index in [4.69, 9.17) is 0 Å². The van der Waals surface area contributed by atoms with E-state index in [-0.39, 0.29) is 6.04 Å². The lowest BCUT2D eigenvalue weighted by molar-refractivity contribution is 0.402. The van der Waals surface area contributed by atoms with Gasteiger partial charge in [-0.1, -0.05) is 12.1 Å². The summed E-state index contributed by atoms with van der Waals surface area (Å²) in [7, 11) is 0.582. The molecule has 1 aromatic rings. The summed E-state index contributed by atoms with van der Waals surface area (Å²) in [6.07, 6.45) is 1.69. The summed E-state index contributed by atoms with van der Waals surface area (Å²) >= 11 is 0. The Labute approximate surface area is 121 Å². The van der Waals surface area contributed by atoms with Crippen LogP contribution in [0.2, 0.25) is 0 Å². The summed E-state index contributed by atoms with van der Waals surface area (Å²) in [6.45, 7) is 2.55. The van der Waals surface area contributed by atoms with Crippen molar-refractivity contribution in [2.75, 3.05) is 27.2 Å². The van der Waals surface area contributed by atoms with Gasteiger partial charge in [-0.3, -0.25) is 0 Å². The SMILES string of the molecule is CN(C)Cc1ccc(S(=O)(=O)NC2CCNCC2)cc1. The van der Waals surface area contributed by atoms with E-state index in [9.17, 15) is 8.42 Å². The molecule has 2 rings (SSSR count). The van der Waals surface area contributed by atoms with Gasteiger partial charge in [0, 0.05) is 12.6 Å². The second-order valence-corrected chi connectivity index (χ2v) is 7.24. The van der Waals surface area contributed by atoms with Crippen molar-refractivity contribution in [2.24, 2.45) is 0 Å². The van der Waals surface area contributed by atoms with Crippen LogP contribution in [0.1, 0.15) is 18.4 Å². The van der Waals surface area contributed by atoms with Gasteiger partial charge in [0.1, 0.15) is 0 Å². The lowest BCUT2D eigenvalue weighted by Crippen LogP contribution is -2.42. The van der Waals surface area contributed by atoms with E-state index in [1.54, 1.807) is 12.1 Å². The normalized spacial score (nSPS) is 17.6. The maximum Gasteiger partial charge on any atom is 0.240 e. The fourth-order valence-electron chi connectivity index (χ4n) is 2.37. The molecule has 1 aliphatic rings. The van der Waals surface area contributed by atoms with Crippen LogP contribution in [-0.4, -0.2) is 46.5 Å². The number of nitrogens with zero attached hydrogens (tertiary/aromatic N) is 1. The molecule has 1 heterocycles. The molecular formula is C14H23N3O2S. The van der Waals surface area contributed by atoms with Crippen molar-refractivity contribution in [3.8, 4) is 0 Å². The van der Waals surface area contributed by atoms with Gasteiger partial charge < -0.3 is 10.2 Å². The summed E-state index contributed by atoms with van der Waals surface area (Å²) in [5.74, 6) is 0. The van der Waals surface area contributed by atoms with Gasteiger partial charge >= 0.3 is 0 Å². The Balaban J connectivity index is 2.04. The Bertz CT molecular complexity index is 520. The van der Waals surface area contributed by atoms with Crippen molar-refractivity contribution in [1.29, 1.82) is 0 Å². The minimum Gasteiger partial charge on any atom is -0.317 e. The van der Waals surface area contributed by atoms with Crippen LogP contribution in [0.3, 0.4) is 0 Å². The smallest absolute Gasteiger partial charge is 0.240 e. The number of piperidine rings is 1. The van der Waals surface area contributed by atoms with E-state index in [0.29, 0.717) is 4.90 Å². The maximum atomic E-state index is 12.3. The Morgan fingerprint density at radius 3 is 2.35 bits per heavy atom.